The van der Waals surface area contributed by atoms with Crippen molar-refractivity contribution in [3.05, 3.63) is 71.2 Å². The quantitative estimate of drug-likeness (QED) is 0.424. The van der Waals surface area contributed by atoms with Crippen LogP contribution in [-0.4, -0.2) is 23.0 Å². The molecule has 4 rings (SSSR count). The van der Waals surface area contributed by atoms with Gasteiger partial charge in [-0.1, -0.05) is 41.7 Å². The maximum absolute atomic E-state index is 12.4. The summed E-state index contributed by atoms with van der Waals surface area (Å²) in [5, 5.41) is 9.44. The Morgan fingerprint density at radius 2 is 1.76 bits per heavy atom. The van der Waals surface area contributed by atoms with Gasteiger partial charge in [-0.2, -0.15) is 0 Å². The van der Waals surface area contributed by atoms with Crippen LogP contribution in [0.4, 0.5) is 16.0 Å². The number of methoxy groups -OCH3 is 1. The third kappa shape index (κ3) is 4.28. The second kappa shape index (κ2) is 8.42. The molecule has 0 radical (unpaired) electrons. The van der Waals surface area contributed by atoms with E-state index in [-0.39, 0.29) is 5.91 Å². The van der Waals surface area contributed by atoms with Crippen molar-refractivity contribution in [2.45, 2.75) is 6.92 Å². The van der Waals surface area contributed by atoms with Crippen LogP contribution in [-0.2, 0) is 0 Å². The van der Waals surface area contributed by atoms with Gasteiger partial charge in [-0.3, -0.25) is 10.1 Å². The maximum Gasteiger partial charge on any atom is 0.257 e. The molecule has 0 atom stereocenters. The van der Waals surface area contributed by atoms with Gasteiger partial charge in [0, 0.05) is 10.9 Å². The van der Waals surface area contributed by atoms with Gasteiger partial charge in [-0.05, 0) is 31.2 Å². The molecule has 0 aliphatic heterocycles. The molecule has 0 aliphatic carbocycles. The number of thiazole rings is 2. The number of nitrogens with one attached hydrogen (secondary N) is 2. The minimum Gasteiger partial charge on any atom is -0.495 e. The molecule has 146 valence electrons. The highest BCUT2D eigenvalue weighted by atomic mass is 32.1. The Bertz CT molecular complexity index is 1140. The number of hydrogen-bond donors (Lipinski definition) is 2. The van der Waals surface area contributed by atoms with E-state index in [4.69, 9.17) is 4.74 Å². The van der Waals surface area contributed by atoms with Crippen LogP contribution in [0.1, 0.15) is 16.1 Å². The Morgan fingerprint density at radius 3 is 2.55 bits per heavy atom. The van der Waals surface area contributed by atoms with E-state index < -0.39 is 0 Å². The van der Waals surface area contributed by atoms with Crippen LogP contribution < -0.4 is 15.4 Å². The molecule has 4 aromatic rings. The number of benzene rings is 2. The van der Waals surface area contributed by atoms with Crippen molar-refractivity contribution in [3.63, 3.8) is 0 Å². The van der Waals surface area contributed by atoms with Crippen LogP contribution in [0.2, 0.25) is 0 Å². The molecule has 0 saturated carbocycles. The van der Waals surface area contributed by atoms with Crippen LogP contribution in [0, 0.1) is 6.92 Å². The summed E-state index contributed by atoms with van der Waals surface area (Å²) in [6.07, 6.45) is 0. The van der Waals surface area contributed by atoms with Crippen LogP contribution in [0.3, 0.4) is 0 Å². The first-order chi connectivity index (χ1) is 14.1. The van der Waals surface area contributed by atoms with Crippen molar-refractivity contribution < 1.29 is 9.53 Å². The van der Waals surface area contributed by atoms with Crippen LogP contribution in [0.15, 0.2) is 60.0 Å². The molecule has 8 heteroatoms. The number of amides is 1. The molecule has 2 aromatic carbocycles. The Hall–Kier alpha value is -3.23. The van der Waals surface area contributed by atoms with Gasteiger partial charge in [0.15, 0.2) is 10.3 Å². The lowest BCUT2D eigenvalue weighted by atomic mass is 10.2. The van der Waals surface area contributed by atoms with Crippen LogP contribution in [0.5, 0.6) is 5.75 Å². The molecule has 29 heavy (non-hydrogen) atoms. The molecule has 0 bridgehead atoms. The fourth-order valence-electron chi connectivity index (χ4n) is 2.74. The van der Waals surface area contributed by atoms with E-state index in [1.165, 1.54) is 22.7 Å². The number of rotatable bonds is 6. The number of ether oxygens (including phenoxy) is 1. The van der Waals surface area contributed by atoms with Gasteiger partial charge in [0.05, 0.1) is 29.1 Å². The van der Waals surface area contributed by atoms with Gasteiger partial charge < -0.3 is 10.1 Å². The van der Waals surface area contributed by atoms with Crippen molar-refractivity contribution in [1.82, 2.24) is 9.97 Å². The van der Waals surface area contributed by atoms with E-state index >= 15 is 0 Å². The highest BCUT2D eigenvalue weighted by molar-refractivity contribution is 7.20. The zero-order valence-electron chi connectivity index (χ0n) is 15.8. The molecule has 2 aromatic heterocycles. The van der Waals surface area contributed by atoms with Gasteiger partial charge in [-0.15, -0.1) is 11.3 Å². The lowest BCUT2D eigenvalue weighted by Crippen LogP contribution is -2.11. The van der Waals surface area contributed by atoms with Crippen LogP contribution >= 0.6 is 22.7 Å². The predicted molar refractivity (Wildman–Crippen MR) is 119 cm³/mol. The molecule has 0 aliphatic rings. The second-order valence-electron chi connectivity index (χ2n) is 6.12. The second-order valence-corrected chi connectivity index (χ2v) is 7.97. The molecule has 2 heterocycles. The van der Waals surface area contributed by atoms with Gasteiger partial charge in [0.1, 0.15) is 5.75 Å². The summed E-state index contributed by atoms with van der Waals surface area (Å²) in [7, 11) is 1.64. The summed E-state index contributed by atoms with van der Waals surface area (Å²) in [5.41, 5.74) is 3.10. The molecule has 0 saturated heterocycles. The SMILES string of the molecule is COc1ccccc1Nc1nc(-c2sc(NC(=O)c3ccccc3)nc2C)cs1. The zero-order valence-corrected chi connectivity index (χ0v) is 17.4. The van der Waals surface area contributed by atoms with Crippen molar-refractivity contribution in [3.8, 4) is 16.3 Å². The van der Waals surface area contributed by atoms with E-state index in [2.05, 4.69) is 20.6 Å². The van der Waals surface area contributed by atoms with Crippen LogP contribution in [0.25, 0.3) is 10.6 Å². The third-order valence-electron chi connectivity index (χ3n) is 4.14. The van der Waals surface area contributed by atoms with Crippen molar-refractivity contribution >= 4 is 44.5 Å². The Balaban J connectivity index is 1.52. The molecule has 0 spiro atoms. The average molecular weight is 423 g/mol. The fourth-order valence-corrected chi connectivity index (χ4v) is 4.46. The molecule has 1 amide bonds. The number of carbonyl (C=O) groups is 1. The Labute approximate surface area is 176 Å². The average Bonchev–Trinajstić information content (AvgIpc) is 3.35. The van der Waals surface area contributed by atoms with E-state index in [1.54, 1.807) is 19.2 Å². The maximum atomic E-state index is 12.4. The largest absolute Gasteiger partial charge is 0.495 e. The lowest BCUT2D eigenvalue weighted by Gasteiger charge is -2.07. The lowest BCUT2D eigenvalue weighted by molar-refractivity contribution is 0.102. The molecule has 6 nitrogen and oxygen atoms in total. The highest BCUT2D eigenvalue weighted by Crippen LogP contribution is 2.36. The minimum absolute atomic E-state index is 0.178. The van der Waals surface area contributed by atoms with Crippen molar-refractivity contribution in [1.29, 1.82) is 0 Å². The molecule has 0 unspecified atom stereocenters. The summed E-state index contributed by atoms with van der Waals surface area (Å²) in [6, 6.07) is 16.8. The number of carbonyl (C=O) groups excluding carboxylic acids is 1. The van der Waals surface area contributed by atoms with Crippen molar-refractivity contribution in [2.24, 2.45) is 0 Å². The summed E-state index contributed by atoms with van der Waals surface area (Å²) in [6.45, 7) is 1.91. The fraction of sp³-hybridized carbons (Fsp3) is 0.0952. The summed E-state index contributed by atoms with van der Waals surface area (Å²) in [4.78, 5) is 22.4. The number of aryl methyl sites for hydroxylation is 1. The topological polar surface area (TPSA) is 76.1 Å². The number of hydrogen-bond acceptors (Lipinski definition) is 7. The standard InChI is InChI=1S/C21H18N4O2S2/c1-13-18(29-21(22-13)25-19(26)14-8-4-3-5-9-14)16-12-28-20(24-16)23-15-10-6-7-11-17(15)27-2/h3-12H,1-2H3,(H,23,24)(H,22,25,26). The summed E-state index contributed by atoms with van der Waals surface area (Å²) < 4.78 is 5.37. The van der Waals surface area contributed by atoms with E-state index in [0.29, 0.717) is 10.7 Å². The first-order valence-corrected chi connectivity index (χ1v) is 10.5. The summed E-state index contributed by atoms with van der Waals surface area (Å²) in [5.74, 6) is 0.576. The molecular formula is C21H18N4O2S2. The zero-order chi connectivity index (χ0) is 20.2. The molecule has 0 fully saturated rings. The highest BCUT2D eigenvalue weighted by Gasteiger charge is 2.16. The van der Waals surface area contributed by atoms with Gasteiger partial charge >= 0.3 is 0 Å². The van der Waals surface area contributed by atoms with Gasteiger partial charge in [0.25, 0.3) is 5.91 Å². The van der Waals surface area contributed by atoms with E-state index in [9.17, 15) is 4.79 Å². The molecule has 2 N–H and O–H groups in total. The number of para-hydroxylation sites is 2. The summed E-state index contributed by atoms with van der Waals surface area (Å²) >= 11 is 2.91. The predicted octanol–water partition coefficient (Wildman–Crippen LogP) is 5.58. The first-order valence-electron chi connectivity index (χ1n) is 8.84. The number of aromatic nitrogens is 2. The number of nitrogens with zero attached hydrogens (tertiary/aromatic N) is 2. The van der Waals surface area contributed by atoms with Gasteiger partial charge in [-0.25, -0.2) is 9.97 Å². The van der Waals surface area contributed by atoms with E-state index in [0.717, 1.165) is 32.8 Å². The Morgan fingerprint density at radius 1 is 1.00 bits per heavy atom. The molecular weight excluding hydrogens is 404 g/mol. The van der Waals surface area contributed by atoms with Crippen molar-refractivity contribution in [2.75, 3.05) is 17.7 Å². The third-order valence-corrected chi connectivity index (χ3v) is 5.99. The first kappa shape index (κ1) is 19.1. The normalized spacial score (nSPS) is 10.6. The van der Waals surface area contributed by atoms with E-state index in [1.807, 2.05) is 54.8 Å². The Kier molecular flexibility index (Phi) is 5.55. The smallest absolute Gasteiger partial charge is 0.257 e. The van der Waals surface area contributed by atoms with Gasteiger partial charge in [0.2, 0.25) is 0 Å². The number of anilines is 3. The monoisotopic (exact) mass is 422 g/mol. The minimum atomic E-state index is -0.178.